The summed E-state index contributed by atoms with van der Waals surface area (Å²) < 4.78 is 0. The summed E-state index contributed by atoms with van der Waals surface area (Å²) in [6, 6.07) is 15.7. The van der Waals surface area contributed by atoms with Gasteiger partial charge in [-0.2, -0.15) is 0 Å². The van der Waals surface area contributed by atoms with Crippen molar-refractivity contribution in [2.45, 2.75) is 6.42 Å². The lowest BCUT2D eigenvalue weighted by atomic mass is 10.1. The van der Waals surface area contributed by atoms with Crippen LogP contribution < -0.4 is 10.2 Å². The molecule has 0 unspecified atom stereocenters. The van der Waals surface area contributed by atoms with Gasteiger partial charge in [0, 0.05) is 29.7 Å². The molecule has 0 bridgehead atoms. The molecule has 2 heterocycles. The zero-order valence-electron chi connectivity index (χ0n) is 11.9. The van der Waals surface area contributed by atoms with Crippen molar-refractivity contribution in [3.05, 3.63) is 54.9 Å². The van der Waals surface area contributed by atoms with E-state index in [4.69, 9.17) is 0 Å². The van der Waals surface area contributed by atoms with E-state index in [0.717, 1.165) is 34.6 Å². The number of carbonyl (C=O) groups is 1. The molecule has 5 heteroatoms. The molecule has 1 aromatic heterocycles. The van der Waals surface area contributed by atoms with Crippen LogP contribution in [0.2, 0.25) is 0 Å². The first kappa shape index (κ1) is 12.8. The van der Waals surface area contributed by atoms with Gasteiger partial charge in [-0.1, -0.05) is 12.1 Å². The highest BCUT2D eigenvalue weighted by molar-refractivity contribution is 5.99. The van der Waals surface area contributed by atoms with Crippen LogP contribution >= 0.6 is 0 Å². The first-order chi connectivity index (χ1) is 10.8. The number of β-lactam (4-membered cyclic amide) rings is 1. The van der Waals surface area contributed by atoms with E-state index in [0.29, 0.717) is 6.42 Å². The Bertz CT molecular complexity index is 839. The Balaban J connectivity index is 1.61. The number of rotatable bonds is 3. The molecule has 22 heavy (non-hydrogen) atoms. The van der Waals surface area contributed by atoms with E-state index in [1.165, 1.54) is 0 Å². The van der Waals surface area contributed by atoms with Crippen LogP contribution in [-0.2, 0) is 4.79 Å². The first-order valence-electron chi connectivity index (χ1n) is 7.18. The average molecular weight is 290 g/mol. The van der Waals surface area contributed by atoms with Gasteiger partial charge in [-0.25, -0.2) is 9.97 Å². The van der Waals surface area contributed by atoms with Gasteiger partial charge in [0.05, 0.1) is 5.52 Å². The molecule has 0 radical (unpaired) electrons. The second-order valence-electron chi connectivity index (χ2n) is 5.21. The summed E-state index contributed by atoms with van der Waals surface area (Å²) in [5.41, 5.74) is 2.78. The van der Waals surface area contributed by atoms with Crippen molar-refractivity contribution >= 4 is 34.0 Å². The normalized spacial score (nSPS) is 14.0. The zero-order chi connectivity index (χ0) is 14.9. The molecular weight excluding hydrogens is 276 g/mol. The topological polar surface area (TPSA) is 58.1 Å². The Kier molecular flexibility index (Phi) is 2.96. The molecule has 0 atom stereocenters. The van der Waals surface area contributed by atoms with Crippen LogP contribution in [0, 0.1) is 0 Å². The van der Waals surface area contributed by atoms with E-state index in [1.807, 2.05) is 48.5 Å². The summed E-state index contributed by atoms with van der Waals surface area (Å²) in [6.07, 6.45) is 2.20. The molecule has 1 aliphatic rings. The number of anilines is 3. The molecule has 3 aromatic rings. The van der Waals surface area contributed by atoms with E-state index < -0.39 is 0 Å². The van der Waals surface area contributed by atoms with Gasteiger partial charge in [-0.05, 0) is 36.4 Å². The SMILES string of the molecule is O=C1CCN1c1ccc(Nc2ncnc3ccccc23)cc1. The molecule has 0 aliphatic carbocycles. The quantitative estimate of drug-likeness (QED) is 0.753. The van der Waals surface area contributed by atoms with E-state index in [9.17, 15) is 4.79 Å². The number of hydrogen-bond donors (Lipinski definition) is 1. The van der Waals surface area contributed by atoms with Gasteiger partial charge in [0.25, 0.3) is 0 Å². The van der Waals surface area contributed by atoms with Crippen molar-refractivity contribution in [3.63, 3.8) is 0 Å². The van der Waals surface area contributed by atoms with E-state index in [1.54, 1.807) is 11.2 Å². The fraction of sp³-hybridized carbons (Fsp3) is 0.118. The molecule has 0 spiro atoms. The number of para-hydroxylation sites is 1. The van der Waals surface area contributed by atoms with Crippen LogP contribution in [0.3, 0.4) is 0 Å². The first-order valence-corrected chi connectivity index (χ1v) is 7.18. The van der Waals surface area contributed by atoms with Crippen LogP contribution in [0.25, 0.3) is 10.9 Å². The number of amides is 1. The maximum atomic E-state index is 11.4. The lowest BCUT2D eigenvalue weighted by Crippen LogP contribution is -2.43. The lowest BCUT2D eigenvalue weighted by Gasteiger charge is -2.30. The summed E-state index contributed by atoms with van der Waals surface area (Å²) in [7, 11) is 0. The second-order valence-corrected chi connectivity index (χ2v) is 5.21. The van der Waals surface area contributed by atoms with Gasteiger partial charge >= 0.3 is 0 Å². The number of hydrogen-bond acceptors (Lipinski definition) is 4. The maximum Gasteiger partial charge on any atom is 0.228 e. The van der Waals surface area contributed by atoms with Crippen LogP contribution in [0.15, 0.2) is 54.9 Å². The maximum absolute atomic E-state index is 11.4. The smallest absolute Gasteiger partial charge is 0.228 e. The van der Waals surface area contributed by atoms with Crippen LogP contribution in [0.4, 0.5) is 17.2 Å². The summed E-state index contributed by atoms with van der Waals surface area (Å²) in [5, 5.41) is 4.28. The van der Waals surface area contributed by atoms with Gasteiger partial charge < -0.3 is 10.2 Å². The third-order valence-corrected chi connectivity index (χ3v) is 3.83. The minimum Gasteiger partial charge on any atom is -0.340 e. The van der Waals surface area contributed by atoms with Crippen molar-refractivity contribution in [2.75, 3.05) is 16.8 Å². The molecule has 1 saturated heterocycles. The molecule has 4 rings (SSSR count). The minimum absolute atomic E-state index is 0.183. The number of nitrogens with zero attached hydrogens (tertiary/aromatic N) is 3. The predicted octanol–water partition coefficient (Wildman–Crippen LogP) is 3.11. The van der Waals surface area contributed by atoms with Gasteiger partial charge in [0.15, 0.2) is 0 Å². The number of aromatic nitrogens is 2. The van der Waals surface area contributed by atoms with Gasteiger partial charge in [-0.3, -0.25) is 4.79 Å². The Morgan fingerprint density at radius 1 is 1.00 bits per heavy atom. The molecule has 2 aromatic carbocycles. The third kappa shape index (κ3) is 2.16. The highest BCUT2D eigenvalue weighted by Crippen LogP contribution is 2.26. The molecule has 5 nitrogen and oxygen atoms in total. The Morgan fingerprint density at radius 2 is 1.82 bits per heavy atom. The zero-order valence-corrected chi connectivity index (χ0v) is 11.9. The summed E-state index contributed by atoms with van der Waals surface area (Å²) >= 11 is 0. The van der Waals surface area contributed by atoms with Crippen molar-refractivity contribution in [2.24, 2.45) is 0 Å². The lowest BCUT2D eigenvalue weighted by molar-refractivity contribution is -0.122. The fourth-order valence-corrected chi connectivity index (χ4v) is 2.55. The van der Waals surface area contributed by atoms with Gasteiger partial charge in [-0.15, -0.1) is 0 Å². The molecule has 1 aliphatic heterocycles. The number of fused-ring (bicyclic) bond motifs is 1. The van der Waals surface area contributed by atoms with Crippen molar-refractivity contribution in [3.8, 4) is 0 Å². The summed E-state index contributed by atoms with van der Waals surface area (Å²) in [4.78, 5) is 21.8. The van der Waals surface area contributed by atoms with Crippen molar-refractivity contribution < 1.29 is 4.79 Å². The number of nitrogens with one attached hydrogen (secondary N) is 1. The second kappa shape index (κ2) is 5.11. The Hall–Kier alpha value is -2.95. The monoisotopic (exact) mass is 290 g/mol. The van der Waals surface area contributed by atoms with Gasteiger partial charge in [0.2, 0.25) is 5.91 Å². The van der Waals surface area contributed by atoms with E-state index in [-0.39, 0.29) is 5.91 Å². The summed E-state index contributed by atoms with van der Waals surface area (Å²) in [6.45, 7) is 0.808. The van der Waals surface area contributed by atoms with Crippen LogP contribution in [-0.4, -0.2) is 22.4 Å². The highest BCUT2D eigenvalue weighted by atomic mass is 16.2. The molecule has 1 amide bonds. The van der Waals surface area contributed by atoms with Crippen LogP contribution in [0.5, 0.6) is 0 Å². The standard InChI is InChI=1S/C17H14N4O/c22-16-9-10-21(16)13-7-5-12(6-8-13)20-17-14-3-1-2-4-15(14)18-11-19-17/h1-8,11H,9-10H2,(H,18,19,20). The minimum atomic E-state index is 0.183. The molecule has 1 fully saturated rings. The van der Waals surface area contributed by atoms with Gasteiger partial charge in [0.1, 0.15) is 12.1 Å². The van der Waals surface area contributed by atoms with Crippen molar-refractivity contribution in [1.29, 1.82) is 0 Å². The molecule has 108 valence electrons. The largest absolute Gasteiger partial charge is 0.340 e. The predicted molar refractivity (Wildman–Crippen MR) is 86.2 cm³/mol. The third-order valence-electron chi connectivity index (χ3n) is 3.83. The fourth-order valence-electron chi connectivity index (χ4n) is 2.55. The molecule has 0 saturated carbocycles. The number of carbonyl (C=O) groups excluding carboxylic acids is 1. The van der Waals surface area contributed by atoms with Crippen molar-refractivity contribution in [1.82, 2.24) is 9.97 Å². The summed E-state index contributed by atoms with van der Waals surface area (Å²) in [5.74, 6) is 0.959. The van der Waals surface area contributed by atoms with Crippen LogP contribution in [0.1, 0.15) is 6.42 Å². The Morgan fingerprint density at radius 3 is 2.55 bits per heavy atom. The van der Waals surface area contributed by atoms with E-state index in [2.05, 4.69) is 15.3 Å². The highest BCUT2D eigenvalue weighted by Gasteiger charge is 2.24. The Labute approximate surface area is 127 Å². The average Bonchev–Trinajstić information content (AvgIpc) is 2.55. The number of benzene rings is 2. The molecular formula is C17H14N4O. The van der Waals surface area contributed by atoms with E-state index >= 15 is 0 Å². The molecule has 1 N–H and O–H groups in total.